The molecule has 0 spiro atoms. The number of hydrogen-bond acceptors (Lipinski definition) is 6. The maximum absolute atomic E-state index is 12.9. The minimum Gasteiger partial charge on any atom is -0.462 e. The SMILES string of the molecule is CC/C=C\C/C=C\C/C=C\C/C=C\C/C=C\CCCCCCCCCCCCCCCC(=O)OCC(COC(=O)CCCCCCCCCCCCC)OC(=O)CCCCCCCCC/C=C\C/C=C\CCCCCC. The Hall–Kier alpha value is -3.41. The molecule has 0 rings (SSSR count). The number of carbonyl (C=O) groups excluding carboxylic acids is 3. The van der Waals surface area contributed by atoms with Crippen LogP contribution in [0.15, 0.2) is 85.1 Å². The van der Waals surface area contributed by atoms with Crippen LogP contribution in [0.2, 0.25) is 0 Å². The molecule has 0 fully saturated rings. The van der Waals surface area contributed by atoms with Crippen molar-refractivity contribution in [2.75, 3.05) is 13.2 Å². The molecule has 0 aromatic heterocycles. The van der Waals surface area contributed by atoms with E-state index in [1.54, 1.807) is 0 Å². The van der Waals surface area contributed by atoms with Gasteiger partial charge < -0.3 is 14.2 Å². The van der Waals surface area contributed by atoms with Crippen molar-refractivity contribution in [2.45, 2.75) is 329 Å². The monoisotopic (exact) mass is 1060 g/mol. The van der Waals surface area contributed by atoms with Crippen molar-refractivity contribution in [3.63, 3.8) is 0 Å². The van der Waals surface area contributed by atoms with Crippen molar-refractivity contribution < 1.29 is 28.6 Å². The van der Waals surface area contributed by atoms with Crippen LogP contribution in [0.4, 0.5) is 0 Å². The Morgan fingerprint density at radius 1 is 0.276 bits per heavy atom. The predicted molar refractivity (Wildman–Crippen MR) is 330 cm³/mol. The van der Waals surface area contributed by atoms with Gasteiger partial charge in [-0.15, -0.1) is 0 Å². The number of rotatable bonds is 59. The lowest BCUT2D eigenvalue weighted by Crippen LogP contribution is -2.30. The lowest BCUT2D eigenvalue weighted by Gasteiger charge is -2.18. The third-order valence-corrected chi connectivity index (χ3v) is 14.1. The van der Waals surface area contributed by atoms with E-state index in [4.69, 9.17) is 14.2 Å². The first-order valence-electron chi connectivity index (χ1n) is 32.6. The smallest absolute Gasteiger partial charge is 0.306 e. The maximum Gasteiger partial charge on any atom is 0.306 e. The maximum atomic E-state index is 12.9. The van der Waals surface area contributed by atoms with Gasteiger partial charge in [0.2, 0.25) is 0 Å². The van der Waals surface area contributed by atoms with Crippen molar-refractivity contribution in [3.05, 3.63) is 85.1 Å². The second-order valence-corrected chi connectivity index (χ2v) is 21.6. The fourth-order valence-electron chi connectivity index (χ4n) is 9.27. The zero-order chi connectivity index (χ0) is 55.0. The molecule has 0 saturated heterocycles. The van der Waals surface area contributed by atoms with Crippen LogP contribution in [-0.4, -0.2) is 37.2 Å². The van der Waals surface area contributed by atoms with Crippen LogP contribution in [-0.2, 0) is 28.6 Å². The number of ether oxygens (including phenoxy) is 3. The van der Waals surface area contributed by atoms with Crippen molar-refractivity contribution in [1.82, 2.24) is 0 Å². The van der Waals surface area contributed by atoms with Crippen LogP contribution in [0.25, 0.3) is 0 Å². The van der Waals surface area contributed by atoms with Crippen molar-refractivity contribution in [1.29, 1.82) is 0 Å². The van der Waals surface area contributed by atoms with E-state index in [1.165, 1.54) is 180 Å². The molecule has 0 saturated carbocycles. The van der Waals surface area contributed by atoms with E-state index in [-0.39, 0.29) is 31.1 Å². The molecule has 1 unspecified atom stereocenters. The van der Waals surface area contributed by atoms with E-state index in [1.807, 2.05) is 0 Å². The summed E-state index contributed by atoms with van der Waals surface area (Å²) in [5.74, 6) is -0.872. The molecular formula is C70H122O6. The van der Waals surface area contributed by atoms with E-state index in [0.29, 0.717) is 19.3 Å². The summed E-state index contributed by atoms with van der Waals surface area (Å²) in [6.07, 6.45) is 84.5. The van der Waals surface area contributed by atoms with E-state index in [0.717, 1.165) is 103 Å². The molecule has 76 heavy (non-hydrogen) atoms. The Labute approximate surface area is 471 Å². The first-order valence-corrected chi connectivity index (χ1v) is 32.6. The Kier molecular flexibility index (Phi) is 61.2. The summed E-state index contributed by atoms with van der Waals surface area (Å²) in [7, 11) is 0. The lowest BCUT2D eigenvalue weighted by atomic mass is 10.0. The highest BCUT2D eigenvalue weighted by atomic mass is 16.6. The zero-order valence-corrected chi connectivity index (χ0v) is 50.3. The van der Waals surface area contributed by atoms with Gasteiger partial charge in [0.05, 0.1) is 0 Å². The Morgan fingerprint density at radius 2 is 0.513 bits per heavy atom. The highest BCUT2D eigenvalue weighted by Gasteiger charge is 2.19. The number of hydrogen-bond donors (Lipinski definition) is 0. The normalized spacial score (nSPS) is 12.6. The molecule has 0 aromatic rings. The summed E-state index contributed by atoms with van der Waals surface area (Å²) in [6.45, 7) is 6.53. The fraction of sp³-hybridized carbons (Fsp3) is 0.757. The Bertz CT molecular complexity index is 1450. The second-order valence-electron chi connectivity index (χ2n) is 21.6. The lowest BCUT2D eigenvalue weighted by molar-refractivity contribution is -0.167. The molecule has 0 heterocycles. The molecule has 0 aliphatic carbocycles. The molecule has 0 aromatic carbocycles. The zero-order valence-electron chi connectivity index (χ0n) is 50.3. The van der Waals surface area contributed by atoms with E-state index in [2.05, 4.69) is 106 Å². The quantitative estimate of drug-likeness (QED) is 0.0261. The van der Waals surface area contributed by atoms with E-state index in [9.17, 15) is 14.4 Å². The second kappa shape index (κ2) is 64.1. The topological polar surface area (TPSA) is 78.9 Å². The third kappa shape index (κ3) is 61.4. The average molecular weight is 1060 g/mol. The molecule has 0 radical (unpaired) electrons. The largest absolute Gasteiger partial charge is 0.462 e. The summed E-state index contributed by atoms with van der Waals surface area (Å²) in [4.78, 5) is 38.3. The van der Waals surface area contributed by atoms with Crippen molar-refractivity contribution in [2.24, 2.45) is 0 Å². The van der Waals surface area contributed by atoms with Crippen LogP contribution in [0.3, 0.4) is 0 Å². The summed E-state index contributed by atoms with van der Waals surface area (Å²) in [5.41, 5.74) is 0. The van der Waals surface area contributed by atoms with Crippen LogP contribution in [0.1, 0.15) is 323 Å². The molecule has 438 valence electrons. The minimum atomic E-state index is -0.779. The van der Waals surface area contributed by atoms with Crippen LogP contribution in [0.5, 0.6) is 0 Å². The number of unbranched alkanes of at least 4 members (excludes halogenated alkanes) is 34. The Morgan fingerprint density at radius 3 is 0.816 bits per heavy atom. The van der Waals surface area contributed by atoms with Gasteiger partial charge in [-0.1, -0.05) is 292 Å². The number of esters is 3. The van der Waals surface area contributed by atoms with Gasteiger partial charge in [0.15, 0.2) is 6.10 Å². The average Bonchev–Trinajstić information content (AvgIpc) is 3.42. The molecule has 0 aliphatic rings. The van der Waals surface area contributed by atoms with Gasteiger partial charge in [-0.25, -0.2) is 0 Å². The minimum absolute atomic E-state index is 0.0761. The highest BCUT2D eigenvalue weighted by Crippen LogP contribution is 2.17. The van der Waals surface area contributed by atoms with Crippen molar-refractivity contribution >= 4 is 17.9 Å². The molecule has 0 aliphatic heterocycles. The van der Waals surface area contributed by atoms with Crippen molar-refractivity contribution in [3.8, 4) is 0 Å². The van der Waals surface area contributed by atoms with Crippen LogP contribution >= 0.6 is 0 Å². The predicted octanol–water partition coefficient (Wildman–Crippen LogP) is 22.3. The third-order valence-electron chi connectivity index (χ3n) is 14.1. The van der Waals surface area contributed by atoms with Gasteiger partial charge in [-0.05, 0) is 96.3 Å². The van der Waals surface area contributed by atoms with Crippen LogP contribution in [0, 0.1) is 0 Å². The highest BCUT2D eigenvalue weighted by molar-refractivity contribution is 5.71. The van der Waals surface area contributed by atoms with Gasteiger partial charge in [-0.2, -0.15) is 0 Å². The van der Waals surface area contributed by atoms with E-state index >= 15 is 0 Å². The standard InChI is InChI=1S/C70H122O6/c1-4-7-10-13-16-19-22-24-26-28-30-31-32-33-34-35-36-37-38-39-40-42-43-45-48-51-54-57-60-63-69(72)75-66-67(65-74-68(71)62-59-56-53-50-47-21-18-15-12-9-6-3)76-70(73)64-61-58-55-52-49-46-44-41-29-27-25-23-20-17-14-11-8-5-2/h7,10,16,19-20,23-24,26-27,29-31,33-34,67H,4-6,8-9,11-15,17-18,21-22,25,28,32,35-66H2,1-3H3/b10-7-,19-16-,23-20-,26-24-,29-27-,31-30-,34-33-. The summed E-state index contributed by atoms with van der Waals surface area (Å²) in [6, 6.07) is 0. The van der Waals surface area contributed by atoms with Gasteiger partial charge in [-0.3, -0.25) is 14.4 Å². The Balaban J connectivity index is 4.22. The molecule has 1 atom stereocenters. The first-order chi connectivity index (χ1) is 37.5. The molecule has 6 heteroatoms. The van der Waals surface area contributed by atoms with Gasteiger partial charge >= 0.3 is 17.9 Å². The molecular weight excluding hydrogens is 937 g/mol. The number of carbonyl (C=O) groups is 3. The molecule has 0 bridgehead atoms. The van der Waals surface area contributed by atoms with Crippen LogP contribution < -0.4 is 0 Å². The first kappa shape index (κ1) is 72.6. The fourth-order valence-corrected chi connectivity index (χ4v) is 9.27. The molecule has 0 N–H and O–H groups in total. The number of allylic oxidation sites excluding steroid dienone is 14. The summed E-state index contributed by atoms with van der Waals surface area (Å²) >= 11 is 0. The van der Waals surface area contributed by atoms with Gasteiger partial charge in [0.1, 0.15) is 13.2 Å². The van der Waals surface area contributed by atoms with E-state index < -0.39 is 6.10 Å². The van der Waals surface area contributed by atoms with Gasteiger partial charge in [0.25, 0.3) is 0 Å². The molecule has 6 nitrogen and oxygen atoms in total. The summed E-state index contributed by atoms with van der Waals surface area (Å²) in [5, 5.41) is 0. The van der Waals surface area contributed by atoms with Gasteiger partial charge in [0, 0.05) is 19.3 Å². The molecule has 0 amide bonds. The summed E-state index contributed by atoms with van der Waals surface area (Å²) < 4.78 is 16.9.